The van der Waals surface area contributed by atoms with Crippen molar-refractivity contribution in [1.82, 2.24) is 0 Å². The van der Waals surface area contributed by atoms with Crippen LogP contribution in [0.3, 0.4) is 0 Å². The fourth-order valence-electron chi connectivity index (χ4n) is 1.84. The summed E-state index contributed by atoms with van der Waals surface area (Å²) in [5, 5.41) is 11.8. The van der Waals surface area contributed by atoms with Gasteiger partial charge in [-0.15, -0.1) is 0 Å². The number of hydrogen-bond acceptors (Lipinski definition) is 3. The number of carbonyl (C=O) groups excluding carboxylic acids is 1. The molecule has 2 aromatic carbocycles. The molecule has 1 amide bonds. The average molecular weight is 334 g/mol. The molecule has 0 fully saturated rings. The van der Waals surface area contributed by atoms with Crippen LogP contribution >= 0.6 is 0 Å². The van der Waals surface area contributed by atoms with Gasteiger partial charge in [0.05, 0.1) is 5.56 Å². The van der Waals surface area contributed by atoms with Crippen LogP contribution in [0.5, 0.6) is 5.75 Å². The SMILES string of the molecule is CC(C#N)(Oc1ccc(C(F)(F)F)cc1)C(=O)Nc1ccccc1. The number of ether oxygens (including phenoxy) is 1. The first-order valence-electron chi connectivity index (χ1n) is 6.88. The molecule has 0 spiro atoms. The van der Waals surface area contributed by atoms with E-state index in [2.05, 4.69) is 5.32 Å². The monoisotopic (exact) mass is 334 g/mol. The number of anilines is 1. The van der Waals surface area contributed by atoms with Crippen LogP contribution in [0.2, 0.25) is 0 Å². The van der Waals surface area contributed by atoms with E-state index in [0.717, 1.165) is 24.3 Å². The molecule has 2 rings (SSSR count). The van der Waals surface area contributed by atoms with E-state index in [0.29, 0.717) is 5.69 Å². The Morgan fingerprint density at radius 3 is 2.17 bits per heavy atom. The standard InChI is InChI=1S/C17H13F3N2O2/c1-16(11-21,15(23)22-13-5-3-2-4-6-13)24-14-9-7-12(8-10-14)17(18,19)20/h2-10H,1H3,(H,22,23). The molecule has 0 saturated carbocycles. The highest BCUT2D eigenvalue weighted by Crippen LogP contribution is 2.31. The van der Waals surface area contributed by atoms with Gasteiger partial charge in [0.15, 0.2) is 0 Å². The van der Waals surface area contributed by atoms with Gasteiger partial charge in [-0.1, -0.05) is 18.2 Å². The van der Waals surface area contributed by atoms with Crippen molar-refractivity contribution in [3.63, 3.8) is 0 Å². The van der Waals surface area contributed by atoms with Crippen molar-refractivity contribution in [2.75, 3.05) is 5.32 Å². The van der Waals surface area contributed by atoms with E-state index in [1.54, 1.807) is 36.4 Å². The van der Waals surface area contributed by atoms with Gasteiger partial charge in [0.25, 0.3) is 11.5 Å². The van der Waals surface area contributed by atoms with E-state index in [1.165, 1.54) is 6.92 Å². The van der Waals surface area contributed by atoms with E-state index < -0.39 is 23.2 Å². The van der Waals surface area contributed by atoms with E-state index >= 15 is 0 Å². The zero-order valence-electron chi connectivity index (χ0n) is 12.6. The molecule has 1 N–H and O–H groups in total. The highest BCUT2D eigenvalue weighted by molar-refractivity contribution is 5.99. The van der Waals surface area contributed by atoms with Gasteiger partial charge in [-0.05, 0) is 43.3 Å². The molecule has 0 aliphatic heterocycles. The first-order valence-corrected chi connectivity index (χ1v) is 6.88. The lowest BCUT2D eigenvalue weighted by atomic mass is 10.1. The number of benzene rings is 2. The molecule has 0 aliphatic rings. The molecule has 1 unspecified atom stereocenters. The van der Waals surface area contributed by atoms with Gasteiger partial charge < -0.3 is 10.1 Å². The highest BCUT2D eigenvalue weighted by Gasteiger charge is 2.36. The second-order valence-electron chi connectivity index (χ2n) is 5.09. The second-order valence-corrected chi connectivity index (χ2v) is 5.09. The number of nitrogens with zero attached hydrogens (tertiary/aromatic N) is 1. The third kappa shape index (κ3) is 4.04. The summed E-state index contributed by atoms with van der Waals surface area (Å²) in [7, 11) is 0. The topological polar surface area (TPSA) is 62.1 Å². The Morgan fingerprint density at radius 1 is 1.08 bits per heavy atom. The van der Waals surface area contributed by atoms with Crippen LogP contribution in [0.25, 0.3) is 0 Å². The second kappa shape index (κ2) is 6.62. The number of para-hydroxylation sites is 1. The quantitative estimate of drug-likeness (QED) is 0.919. The highest BCUT2D eigenvalue weighted by atomic mass is 19.4. The van der Waals surface area contributed by atoms with Crippen molar-refractivity contribution in [2.24, 2.45) is 0 Å². The van der Waals surface area contributed by atoms with Gasteiger partial charge in [-0.2, -0.15) is 18.4 Å². The number of halogens is 3. The summed E-state index contributed by atoms with van der Waals surface area (Å²) in [6, 6.07) is 13.9. The molecule has 4 nitrogen and oxygen atoms in total. The Balaban J connectivity index is 2.15. The molecule has 0 bridgehead atoms. The summed E-state index contributed by atoms with van der Waals surface area (Å²) in [4.78, 5) is 12.3. The van der Waals surface area contributed by atoms with Crippen LogP contribution < -0.4 is 10.1 Å². The van der Waals surface area contributed by atoms with Gasteiger partial charge in [0.1, 0.15) is 11.8 Å². The van der Waals surface area contributed by atoms with Gasteiger partial charge in [0, 0.05) is 5.69 Å². The molecule has 0 saturated heterocycles. The van der Waals surface area contributed by atoms with Crippen molar-refractivity contribution in [3.8, 4) is 11.8 Å². The summed E-state index contributed by atoms with van der Waals surface area (Å²) in [5.41, 5.74) is -2.27. The first kappa shape index (κ1) is 17.3. The number of nitrogens with one attached hydrogen (secondary N) is 1. The Morgan fingerprint density at radius 2 is 1.67 bits per heavy atom. The summed E-state index contributed by atoms with van der Waals surface area (Å²) in [6.07, 6.45) is -4.47. The van der Waals surface area contributed by atoms with Crippen molar-refractivity contribution < 1.29 is 22.7 Å². The lowest BCUT2D eigenvalue weighted by Crippen LogP contribution is -2.44. The molecule has 2 aromatic rings. The third-order valence-corrected chi connectivity index (χ3v) is 3.18. The summed E-state index contributed by atoms with van der Waals surface area (Å²) in [5.74, 6) is -0.744. The lowest BCUT2D eigenvalue weighted by molar-refractivity contribution is -0.137. The van der Waals surface area contributed by atoms with Crippen LogP contribution in [-0.4, -0.2) is 11.5 Å². The molecular weight excluding hydrogens is 321 g/mol. The van der Waals surface area contributed by atoms with Crippen molar-refractivity contribution in [3.05, 3.63) is 60.2 Å². The number of carbonyl (C=O) groups is 1. The van der Waals surface area contributed by atoms with Crippen LogP contribution in [0.1, 0.15) is 12.5 Å². The maximum Gasteiger partial charge on any atom is 0.416 e. The van der Waals surface area contributed by atoms with Gasteiger partial charge >= 0.3 is 6.18 Å². The minimum atomic E-state index is -4.47. The Hall–Kier alpha value is -3.01. The van der Waals surface area contributed by atoms with Gasteiger partial charge in [0.2, 0.25) is 0 Å². The predicted molar refractivity (Wildman–Crippen MR) is 81.2 cm³/mol. The molecule has 24 heavy (non-hydrogen) atoms. The van der Waals surface area contributed by atoms with Crippen molar-refractivity contribution >= 4 is 11.6 Å². The molecule has 0 radical (unpaired) electrons. The zero-order valence-corrected chi connectivity index (χ0v) is 12.6. The summed E-state index contributed by atoms with van der Waals surface area (Å²) < 4.78 is 42.9. The Labute approximate surface area is 136 Å². The van der Waals surface area contributed by atoms with Gasteiger partial charge in [-0.3, -0.25) is 4.79 Å². The van der Waals surface area contributed by atoms with E-state index in [4.69, 9.17) is 4.74 Å². The molecular formula is C17H13F3N2O2. The number of rotatable bonds is 4. The third-order valence-electron chi connectivity index (χ3n) is 3.18. The van der Waals surface area contributed by atoms with Crippen LogP contribution in [0.15, 0.2) is 54.6 Å². The minimum Gasteiger partial charge on any atom is -0.463 e. The first-order chi connectivity index (χ1) is 11.2. The van der Waals surface area contributed by atoms with E-state index in [-0.39, 0.29) is 5.75 Å². The smallest absolute Gasteiger partial charge is 0.416 e. The summed E-state index contributed by atoms with van der Waals surface area (Å²) >= 11 is 0. The molecule has 0 aromatic heterocycles. The normalized spacial score (nSPS) is 13.5. The van der Waals surface area contributed by atoms with Crippen LogP contribution in [0.4, 0.5) is 18.9 Å². The average Bonchev–Trinajstić information content (AvgIpc) is 2.55. The van der Waals surface area contributed by atoms with Crippen molar-refractivity contribution in [1.29, 1.82) is 5.26 Å². The van der Waals surface area contributed by atoms with Crippen LogP contribution in [-0.2, 0) is 11.0 Å². The largest absolute Gasteiger partial charge is 0.463 e. The maximum absolute atomic E-state index is 12.5. The number of nitriles is 1. The number of hydrogen-bond donors (Lipinski definition) is 1. The Bertz CT molecular complexity index is 752. The number of amides is 1. The fraction of sp³-hybridized carbons (Fsp3) is 0.176. The van der Waals surface area contributed by atoms with E-state index in [1.807, 2.05) is 0 Å². The van der Waals surface area contributed by atoms with E-state index in [9.17, 15) is 23.2 Å². The fourth-order valence-corrected chi connectivity index (χ4v) is 1.84. The minimum absolute atomic E-state index is 0.0183. The molecule has 7 heteroatoms. The molecule has 0 heterocycles. The zero-order chi connectivity index (χ0) is 17.8. The van der Waals surface area contributed by atoms with Gasteiger partial charge in [-0.25, -0.2) is 0 Å². The summed E-state index contributed by atoms with van der Waals surface area (Å²) in [6.45, 7) is 1.24. The predicted octanol–water partition coefficient (Wildman–Crippen LogP) is 4.01. The molecule has 124 valence electrons. The number of alkyl halides is 3. The van der Waals surface area contributed by atoms with Crippen LogP contribution in [0, 0.1) is 11.3 Å². The maximum atomic E-state index is 12.5. The molecule has 0 aliphatic carbocycles. The van der Waals surface area contributed by atoms with Crippen molar-refractivity contribution in [2.45, 2.75) is 18.7 Å². The lowest BCUT2D eigenvalue weighted by Gasteiger charge is -2.22. The molecule has 1 atom stereocenters. The Kier molecular flexibility index (Phi) is 4.79.